The van der Waals surface area contributed by atoms with E-state index >= 15 is 0 Å². The highest BCUT2D eigenvalue weighted by molar-refractivity contribution is 6.09. The number of hydrogen-bond acceptors (Lipinski definition) is 5. The number of anilines is 1. The Kier molecular flexibility index (Phi) is 5.70. The number of ketones is 1. The SMILES string of the molecule is COc1ccccc1OCCCN1C(=O)[C@](O)(CC(C)=O)c2cccc(C)c21. The minimum absolute atomic E-state index is 0.226. The Morgan fingerprint density at radius 1 is 1.14 bits per heavy atom. The first kappa shape index (κ1) is 19.9. The van der Waals surface area contributed by atoms with Crippen molar-refractivity contribution in [1.82, 2.24) is 0 Å². The number of aliphatic hydroxyl groups is 1. The van der Waals surface area contributed by atoms with E-state index in [1.807, 2.05) is 37.3 Å². The molecule has 0 bridgehead atoms. The number of Topliss-reactive ketones (excluding diaryl/α,β-unsaturated/α-hetero) is 1. The van der Waals surface area contributed by atoms with Crippen LogP contribution in [-0.2, 0) is 15.2 Å². The van der Waals surface area contributed by atoms with E-state index in [2.05, 4.69) is 0 Å². The molecule has 0 radical (unpaired) electrons. The van der Waals surface area contributed by atoms with E-state index in [9.17, 15) is 14.7 Å². The van der Waals surface area contributed by atoms with E-state index < -0.39 is 11.5 Å². The molecule has 1 aliphatic rings. The van der Waals surface area contributed by atoms with Crippen molar-refractivity contribution >= 4 is 17.4 Å². The van der Waals surface area contributed by atoms with E-state index in [1.165, 1.54) is 6.92 Å². The number of methoxy groups -OCH3 is 1. The standard InChI is InChI=1S/C22H25NO5/c1-15-8-6-9-17-20(15)23(21(25)22(17,26)14-16(2)24)12-7-13-28-19-11-5-4-10-18(19)27-3/h4-6,8-11,26H,7,12-14H2,1-3H3/t22-/m0/s1. The summed E-state index contributed by atoms with van der Waals surface area (Å²) >= 11 is 0. The molecular weight excluding hydrogens is 358 g/mol. The summed E-state index contributed by atoms with van der Waals surface area (Å²) in [6, 6.07) is 12.8. The molecule has 6 heteroatoms. The first-order valence-electron chi connectivity index (χ1n) is 9.28. The molecule has 2 aromatic rings. The molecular formula is C22H25NO5. The highest BCUT2D eigenvalue weighted by Gasteiger charge is 2.50. The number of rotatable bonds is 8. The molecule has 0 aliphatic carbocycles. The van der Waals surface area contributed by atoms with E-state index in [0.29, 0.717) is 42.3 Å². The Labute approximate surface area is 164 Å². The summed E-state index contributed by atoms with van der Waals surface area (Å²) in [5.74, 6) is 0.605. The van der Waals surface area contributed by atoms with Gasteiger partial charge in [0.1, 0.15) is 5.78 Å². The van der Waals surface area contributed by atoms with Crippen LogP contribution in [0.4, 0.5) is 5.69 Å². The third-order valence-corrected chi connectivity index (χ3v) is 4.91. The minimum Gasteiger partial charge on any atom is -0.493 e. The fraction of sp³-hybridized carbons (Fsp3) is 0.364. The monoisotopic (exact) mass is 383 g/mol. The van der Waals surface area contributed by atoms with Gasteiger partial charge in [-0.2, -0.15) is 0 Å². The van der Waals surface area contributed by atoms with Gasteiger partial charge in [0.05, 0.1) is 19.4 Å². The van der Waals surface area contributed by atoms with E-state index in [0.717, 1.165) is 5.56 Å². The molecule has 0 spiro atoms. The second kappa shape index (κ2) is 8.02. The van der Waals surface area contributed by atoms with Gasteiger partial charge in [0.2, 0.25) is 0 Å². The fourth-order valence-electron chi connectivity index (χ4n) is 3.68. The molecule has 6 nitrogen and oxygen atoms in total. The lowest BCUT2D eigenvalue weighted by atomic mass is 9.89. The van der Waals surface area contributed by atoms with E-state index in [-0.39, 0.29) is 12.2 Å². The smallest absolute Gasteiger partial charge is 0.264 e. The van der Waals surface area contributed by atoms with Gasteiger partial charge in [-0.05, 0) is 38.0 Å². The van der Waals surface area contributed by atoms with Crippen molar-refractivity contribution in [2.24, 2.45) is 0 Å². The quantitative estimate of drug-likeness (QED) is 0.709. The number of benzene rings is 2. The molecule has 1 amide bonds. The second-order valence-corrected chi connectivity index (χ2v) is 7.02. The summed E-state index contributed by atoms with van der Waals surface area (Å²) in [6.45, 7) is 4.04. The zero-order valence-corrected chi connectivity index (χ0v) is 16.4. The number of nitrogens with zero attached hydrogens (tertiary/aromatic N) is 1. The third kappa shape index (κ3) is 3.60. The Bertz CT molecular complexity index is 894. The van der Waals surface area contributed by atoms with Crippen molar-refractivity contribution in [3.63, 3.8) is 0 Å². The molecule has 1 heterocycles. The van der Waals surface area contributed by atoms with Gasteiger partial charge in [-0.15, -0.1) is 0 Å². The molecule has 28 heavy (non-hydrogen) atoms. The number of aryl methyl sites for hydroxylation is 1. The molecule has 0 saturated heterocycles. The molecule has 1 N–H and O–H groups in total. The van der Waals surface area contributed by atoms with Gasteiger partial charge in [0, 0.05) is 18.5 Å². The van der Waals surface area contributed by atoms with E-state index in [1.54, 1.807) is 24.1 Å². The molecule has 1 atom stereocenters. The van der Waals surface area contributed by atoms with Crippen molar-refractivity contribution in [3.05, 3.63) is 53.6 Å². The lowest BCUT2D eigenvalue weighted by Gasteiger charge is -2.22. The summed E-state index contributed by atoms with van der Waals surface area (Å²) < 4.78 is 11.0. The van der Waals surface area contributed by atoms with Crippen LogP contribution in [0.3, 0.4) is 0 Å². The van der Waals surface area contributed by atoms with Crippen LogP contribution in [0.15, 0.2) is 42.5 Å². The van der Waals surface area contributed by atoms with Crippen LogP contribution in [-0.4, -0.2) is 37.1 Å². The van der Waals surface area contributed by atoms with Gasteiger partial charge in [-0.3, -0.25) is 9.59 Å². The number of hydrogen-bond donors (Lipinski definition) is 1. The lowest BCUT2D eigenvalue weighted by molar-refractivity contribution is -0.141. The molecule has 0 unspecified atom stereocenters. The average molecular weight is 383 g/mol. The molecule has 2 aromatic carbocycles. The molecule has 3 rings (SSSR count). The van der Waals surface area contributed by atoms with Gasteiger partial charge >= 0.3 is 0 Å². The lowest BCUT2D eigenvalue weighted by Crippen LogP contribution is -2.42. The maximum atomic E-state index is 13.0. The van der Waals surface area contributed by atoms with Crippen LogP contribution in [0.1, 0.15) is 30.9 Å². The minimum atomic E-state index is -1.79. The second-order valence-electron chi connectivity index (χ2n) is 7.02. The molecule has 0 saturated carbocycles. The van der Waals surface area contributed by atoms with Crippen molar-refractivity contribution in [2.75, 3.05) is 25.2 Å². The average Bonchev–Trinajstić information content (AvgIpc) is 2.87. The van der Waals surface area contributed by atoms with Crippen molar-refractivity contribution < 1.29 is 24.2 Å². The first-order valence-corrected chi connectivity index (χ1v) is 9.28. The summed E-state index contributed by atoms with van der Waals surface area (Å²) in [5.41, 5.74) is 0.277. The number of para-hydroxylation sites is 3. The summed E-state index contributed by atoms with van der Waals surface area (Å²) in [4.78, 5) is 26.2. The number of carbonyl (C=O) groups is 2. The van der Waals surface area contributed by atoms with Gasteiger partial charge in [-0.25, -0.2) is 0 Å². The van der Waals surface area contributed by atoms with Crippen molar-refractivity contribution in [1.29, 1.82) is 0 Å². The van der Waals surface area contributed by atoms with E-state index in [4.69, 9.17) is 9.47 Å². The van der Waals surface area contributed by atoms with Gasteiger partial charge in [0.15, 0.2) is 17.1 Å². The van der Waals surface area contributed by atoms with Gasteiger partial charge < -0.3 is 19.5 Å². The number of ether oxygens (including phenoxy) is 2. The highest BCUT2D eigenvalue weighted by Crippen LogP contribution is 2.44. The number of fused-ring (bicyclic) bond motifs is 1. The first-order chi connectivity index (χ1) is 13.4. The van der Waals surface area contributed by atoms with Crippen LogP contribution in [0.5, 0.6) is 11.5 Å². The fourth-order valence-corrected chi connectivity index (χ4v) is 3.68. The van der Waals surface area contributed by atoms with Gasteiger partial charge in [-0.1, -0.05) is 30.3 Å². The van der Waals surface area contributed by atoms with Crippen LogP contribution in [0.2, 0.25) is 0 Å². The van der Waals surface area contributed by atoms with Crippen LogP contribution < -0.4 is 14.4 Å². The van der Waals surface area contributed by atoms with Crippen LogP contribution in [0, 0.1) is 6.92 Å². The van der Waals surface area contributed by atoms with Crippen molar-refractivity contribution in [3.8, 4) is 11.5 Å². The molecule has 148 valence electrons. The largest absolute Gasteiger partial charge is 0.493 e. The maximum absolute atomic E-state index is 13.0. The molecule has 0 aromatic heterocycles. The molecule has 1 aliphatic heterocycles. The Morgan fingerprint density at radius 3 is 2.54 bits per heavy atom. The molecule has 0 fully saturated rings. The van der Waals surface area contributed by atoms with Gasteiger partial charge in [0.25, 0.3) is 5.91 Å². The Hall–Kier alpha value is -2.86. The third-order valence-electron chi connectivity index (χ3n) is 4.91. The van der Waals surface area contributed by atoms with Crippen molar-refractivity contribution in [2.45, 2.75) is 32.3 Å². The van der Waals surface area contributed by atoms with Crippen LogP contribution in [0.25, 0.3) is 0 Å². The summed E-state index contributed by atoms with van der Waals surface area (Å²) in [7, 11) is 1.58. The summed E-state index contributed by atoms with van der Waals surface area (Å²) in [6.07, 6.45) is 0.338. The Morgan fingerprint density at radius 2 is 1.86 bits per heavy atom. The predicted molar refractivity (Wildman–Crippen MR) is 106 cm³/mol. The zero-order valence-electron chi connectivity index (χ0n) is 16.4. The zero-order chi connectivity index (χ0) is 20.3. The number of carbonyl (C=O) groups excluding carboxylic acids is 2. The number of amides is 1. The normalized spacial score (nSPS) is 18.1. The summed E-state index contributed by atoms with van der Waals surface area (Å²) in [5, 5.41) is 11.0. The van der Waals surface area contributed by atoms with Crippen LogP contribution >= 0.6 is 0 Å². The Balaban J connectivity index is 1.74. The highest BCUT2D eigenvalue weighted by atomic mass is 16.5. The topological polar surface area (TPSA) is 76.1 Å². The maximum Gasteiger partial charge on any atom is 0.264 e. The predicted octanol–water partition coefficient (Wildman–Crippen LogP) is 2.99.